The first-order chi connectivity index (χ1) is 7.13. The van der Waals surface area contributed by atoms with Gasteiger partial charge in [0.2, 0.25) is 5.91 Å². The van der Waals surface area contributed by atoms with Crippen LogP contribution < -0.4 is 5.32 Å². The molecule has 0 aliphatic rings. The Labute approximate surface area is 88.3 Å². The molecule has 0 saturated carbocycles. The Hall–Kier alpha value is -1.65. The Bertz CT molecular complexity index is 357. The van der Waals surface area contributed by atoms with Crippen LogP contribution in [0.3, 0.4) is 0 Å². The van der Waals surface area contributed by atoms with Crippen molar-refractivity contribution in [3.05, 3.63) is 11.8 Å². The Morgan fingerprint density at radius 3 is 2.80 bits per heavy atom. The number of aryl methyl sites for hydroxylation is 1. The second-order valence-electron chi connectivity index (χ2n) is 3.37. The lowest BCUT2D eigenvalue weighted by Crippen LogP contribution is -2.13. The zero-order valence-electron chi connectivity index (χ0n) is 8.96. The summed E-state index contributed by atoms with van der Waals surface area (Å²) in [6.45, 7) is 3.46. The van der Waals surface area contributed by atoms with E-state index in [0.717, 1.165) is 12.0 Å². The van der Waals surface area contributed by atoms with Crippen LogP contribution >= 0.6 is 0 Å². The molecule has 1 rings (SSSR count). The van der Waals surface area contributed by atoms with Crippen molar-refractivity contribution in [1.29, 1.82) is 0 Å². The molecule has 1 heterocycles. The summed E-state index contributed by atoms with van der Waals surface area (Å²) in [7, 11) is 0. The third kappa shape index (κ3) is 3.53. The van der Waals surface area contributed by atoms with Gasteiger partial charge in [0.1, 0.15) is 11.6 Å². The van der Waals surface area contributed by atoms with Gasteiger partial charge in [-0.3, -0.25) is 9.89 Å². The minimum Gasteiger partial charge on any atom is -0.311 e. The lowest BCUT2D eigenvalue weighted by atomic mass is 10.2. The van der Waals surface area contributed by atoms with E-state index < -0.39 is 0 Å². The number of aromatic amines is 1. The second-order valence-corrected chi connectivity index (χ2v) is 3.37. The zero-order chi connectivity index (χ0) is 11.3. The van der Waals surface area contributed by atoms with Crippen molar-refractivity contribution in [2.45, 2.75) is 33.1 Å². The fourth-order valence-electron chi connectivity index (χ4n) is 1.18. The zero-order valence-corrected chi connectivity index (χ0v) is 8.96. The summed E-state index contributed by atoms with van der Waals surface area (Å²) in [5, 5.41) is 9.23. The van der Waals surface area contributed by atoms with Crippen LogP contribution in [0.25, 0.3) is 0 Å². The van der Waals surface area contributed by atoms with Gasteiger partial charge in [0.25, 0.3) is 0 Å². The summed E-state index contributed by atoms with van der Waals surface area (Å²) >= 11 is 0. The summed E-state index contributed by atoms with van der Waals surface area (Å²) in [5.41, 5.74) is 0.964. The van der Waals surface area contributed by atoms with Crippen LogP contribution in [0.5, 0.6) is 0 Å². The number of H-pyrrole nitrogens is 1. The smallest absolute Gasteiger partial charge is 0.225 e. The van der Waals surface area contributed by atoms with Crippen molar-refractivity contribution in [2.24, 2.45) is 0 Å². The molecule has 1 aromatic heterocycles. The van der Waals surface area contributed by atoms with Crippen molar-refractivity contribution in [2.75, 3.05) is 5.32 Å². The first-order valence-electron chi connectivity index (χ1n) is 4.95. The summed E-state index contributed by atoms with van der Waals surface area (Å²) < 4.78 is 0. The van der Waals surface area contributed by atoms with Crippen molar-refractivity contribution in [3.63, 3.8) is 0 Å². The number of nitrogens with one attached hydrogen (secondary N) is 2. The SMILES string of the molecule is CCc1cn[nH]c1NC(=O)CCC(C)=O. The van der Waals surface area contributed by atoms with Crippen molar-refractivity contribution < 1.29 is 9.59 Å². The van der Waals surface area contributed by atoms with Crippen LogP contribution in [-0.2, 0) is 16.0 Å². The number of hydrogen-bond donors (Lipinski definition) is 2. The Morgan fingerprint density at radius 1 is 1.47 bits per heavy atom. The molecule has 5 nitrogen and oxygen atoms in total. The lowest BCUT2D eigenvalue weighted by Gasteiger charge is -2.03. The van der Waals surface area contributed by atoms with E-state index in [-0.39, 0.29) is 24.5 Å². The van der Waals surface area contributed by atoms with Gasteiger partial charge in [0.05, 0.1) is 6.20 Å². The highest BCUT2D eigenvalue weighted by molar-refractivity contribution is 5.92. The number of carbonyl (C=O) groups is 2. The number of hydrogen-bond acceptors (Lipinski definition) is 3. The summed E-state index contributed by atoms with van der Waals surface area (Å²) in [6.07, 6.45) is 2.98. The monoisotopic (exact) mass is 209 g/mol. The maximum Gasteiger partial charge on any atom is 0.225 e. The normalized spacial score (nSPS) is 10.0. The van der Waals surface area contributed by atoms with Gasteiger partial charge in [-0.05, 0) is 13.3 Å². The third-order valence-corrected chi connectivity index (χ3v) is 2.07. The number of rotatable bonds is 5. The predicted octanol–water partition coefficient (Wildman–Crippen LogP) is 1.28. The molecule has 2 N–H and O–H groups in total. The minimum atomic E-state index is -0.163. The maximum atomic E-state index is 11.4. The first kappa shape index (κ1) is 11.4. The molecule has 15 heavy (non-hydrogen) atoms. The maximum absolute atomic E-state index is 11.4. The Balaban J connectivity index is 2.47. The van der Waals surface area contributed by atoms with Crippen molar-refractivity contribution in [3.8, 4) is 0 Å². The number of nitrogens with zero attached hydrogens (tertiary/aromatic N) is 1. The highest BCUT2D eigenvalue weighted by atomic mass is 16.2. The van der Waals surface area contributed by atoms with E-state index in [2.05, 4.69) is 15.5 Å². The number of carbonyl (C=O) groups excluding carboxylic acids is 2. The summed E-state index contributed by atoms with van der Waals surface area (Å²) in [4.78, 5) is 22.0. The fraction of sp³-hybridized carbons (Fsp3) is 0.500. The van der Waals surface area contributed by atoms with E-state index in [1.165, 1.54) is 6.92 Å². The van der Waals surface area contributed by atoms with Gasteiger partial charge in [-0.2, -0.15) is 5.10 Å². The van der Waals surface area contributed by atoms with Crippen LogP contribution in [0, 0.1) is 0 Å². The molecule has 0 unspecified atom stereocenters. The number of amides is 1. The second kappa shape index (κ2) is 5.29. The molecule has 0 fully saturated rings. The molecular weight excluding hydrogens is 194 g/mol. The molecule has 0 saturated heterocycles. The van der Waals surface area contributed by atoms with Gasteiger partial charge in [0, 0.05) is 18.4 Å². The lowest BCUT2D eigenvalue weighted by molar-refractivity contribution is -0.121. The molecule has 0 aliphatic carbocycles. The molecule has 0 radical (unpaired) electrons. The van der Waals surface area contributed by atoms with E-state index in [9.17, 15) is 9.59 Å². The molecule has 5 heteroatoms. The van der Waals surface area contributed by atoms with Gasteiger partial charge in [0.15, 0.2) is 0 Å². The number of ketones is 1. The molecule has 82 valence electrons. The standard InChI is InChI=1S/C10H15N3O2/c1-3-8-6-11-13-10(8)12-9(15)5-4-7(2)14/h6H,3-5H2,1-2H3,(H2,11,12,13,15). The first-order valence-corrected chi connectivity index (χ1v) is 4.95. The van der Waals surface area contributed by atoms with Crippen LogP contribution in [0.15, 0.2) is 6.20 Å². The van der Waals surface area contributed by atoms with Gasteiger partial charge >= 0.3 is 0 Å². The number of aromatic nitrogens is 2. The molecular formula is C10H15N3O2. The van der Waals surface area contributed by atoms with Crippen molar-refractivity contribution >= 4 is 17.5 Å². The van der Waals surface area contributed by atoms with Crippen LogP contribution in [-0.4, -0.2) is 21.9 Å². The Morgan fingerprint density at radius 2 is 2.20 bits per heavy atom. The van der Waals surface area contributed by atoms with Gasteiger partial charge in [-0.1, -0.05) is 6.92 Å². The summed E-state index contributed by atoms with van der Waals surface area (Å²) in [5.74, 6) is 0.487. The molecule has 0 spiro atoms. The topological polar surface area (TPSA) is 74.8 Å². The quantitative estimate of drug-likeness (QED) is 0.767. The molecule has 0 aromatic carbocycles. The Kier molecular flexibility index (Phi) is 4.03. The molecule has 1 amide bonds. The molecule has 0 atom stereocenters. The van der Waals surface area contributed by atoms with E-state index in [1.807, 2.05) is 6.92 Å². The van der Waals surface area contributed by atoms with Gasteiger partial charge in [-0.25, -0.2) is 0 Å². The highest BCUT2D eigenvalue weighted by Crippen LogP contribution is 2.11. The van der Waals surface area contributed by atoms with Crippen molar-refractivity contribution in [1.82, 2.24) is 10.2 Å². The van der Waals surface area contributed by atoms with Crippen LogP contribution in [0.2, 0.25) is 0 Å². The minimum absolute atomic E-state index is 0.0190. The molecule has 1 aromatic rings. The fourth-order valence-corrected chi connectivity index (χ4v) is 1.18. The largest absolute Gasteiger partial charge is 0.311 e. The third-order valence-electron chi connectivity index (χ3n) is 2.07. The van der Waals surface area contributed by atoms with Crippen LogP contribution in [0.4, 0.5) is 5.82 Å². The van der Waals surface area contributed by atoms with E-state index in [0.29, 0.717) is 5.82 Å². The summed E-state index contributed by atoms with van der Waals surface area (Å²) in [6, 6.07) is 0. The van der Waals surface area contributed by atoms with Gasteiger partial charge in [-0.15, -0.1) is 0 Å². The van der Waals surface area contributed by atoms with E-state index in [4.69, 9.17) is 0 Å². The average Bonchev–Trinajstić information content (AvgIpc) is 2.62. The predicted molar refractivity (Wildman–Crippen MR) is 56.5 cm³/mol. The average molecular weight is 209 g/mol. The van der Waals surface area contributed by atoms with E-state index in [1.54, 1.807) is 6.20 Å². The van der Waals surface area contributed by atoms with Crippen LogP contribution in [0.1, 0.15) is 32.3 Å². The highest BCUT2D eigenvalue weighted by Gasteiger charge is 2.08. The number of anilines is 1. The molecule has 0 bridgehead atoms. The van der Waals surface area contributed by atoms with E-state index >= 15 is 0 Å². The molecule has 0 aliphatic heterocycles. The number of Topliss-reactive ketones (excluding diaryl/α,β-unsaturated/α-hetero) is 1. The van der Waals surface area contributed by atoms with Gasteiger partial charge < -0.3 is 10.1 Å².